The van der Waals surface area contributed by atoms with Crippen LogP contribution < -0.4 is 21.3 Å². The van der Waals surface area contributed by atoms with E-state index in [-0.39, 0.29) is 23.4 Å². The minimum Gasteiger partial charge on any atom is -0.450 e. The first kappa shape index (κ1) is 19.6. The Morgan fingerprint density at radius 3 is 1.71 bits per heavy atom. The van der Waals surface area contributed by atoms with Crippen LogP contribution in [0.15, 0.2) is 24.3 Å². The number of ether oxygens (including phenoxy) is 2. The Morgan fingerprint density at radius 1 is 0.917 bits per heavy atom. The number of carbonyl (C=O) groups is 2. The second kappa shape index (κ2) is 10.3. The lowest BCUT2D eigenvalue weighted by molar-refractivity contribution is 0.157. The second-order valence-corrected chi connectivity index (χ2v) is 5.00. The van der Waals surface area contributed by atoms with Gasteiger partial charge in [0.15, 0.2) is 10.2 Å². The fourth-order valence-corrected chi connectivity index (χ4v) is 1.92. The van der Waals surface area contributed by atoms with Crippen molar-refractivity contribution in [3.05, 3.63) is 24.3 Å². The van der Waals surface area contributed by atoms with Gasteiger partial charge in [0.1, 0.15) is 0 Å². The summed E-state index contributed by atoms with van der Waals surface area (Å²) in [5, 5.41) is 10.6. The molecule has 0 fully saturated rings. The molecule has 10 heteroatoms. The SMILES string of the molecule is CCOC(=O)NC(=S)Nc1cccc(NC(=S)NC(=O)OCC)c1. The number of amides is 2. The first-order valence-electron chi connectivity index (χ1n) is 7.04. The quantitative estimate of drug-likeness (QED) is 0.600. The minimum atomic E-state index is -0.635. The fraction of sp³-hybridized carbons (Fsp3) is 0.286. The van der Waals surface area contributed by atoms with Crippen LogP contribution in [0.1, 0.15) is 13.8 Å². The molecule has 0 aliphatic heterocycles. The van der Waals surface area contributed by atoms with Crippen LogP contribution in [0.25, 0.3) is 0 Å². The molecule has 8 nitrogen and oxygen atoms in total. The summed E-state index contributed by atoms with van der Waals surface area (Å²) in [4.78, 5) is 22.5. The van der Waals surface area contributed by atoms with Crippen molar-refractivity contribution in [2.75, 3.05) is 23.8 Å². The first-order chi connectivity index (χ1) is 11.4. The first-order valence-corrected chi connectivity index (χ1v) is 7.85. The highest BCUT2D eigenvalue weighted by Gasteiger charge is 2.07. The van der Waals surface area contributed by atoms with Gasteiger partial charge in [0.2, 0.25) is 0 Å². The van der Waals surface area contributed by atoms with Crippen molar-refractivity contribution in [2.24, 2.45) is 0 Å². The van der Waals surface area contributed by atoms with Crippen molar-refractivity contribution in [2.45, 2.75) is 13.8 Å². The lowest BCUT2D eigenvalue weighted by Crippen LogP contribution is -2.35. The molecule has 0 radical (unpaired) electrons. The number of hydrogen-bond acceptors (Lipinski definition) is 6. The third-order valence-electron chi connectivity index (χ3n) is 2.36. The zero-order chi connectivity index (χ0) is 17.9. The smallest absolute Gasteiger partial charge is 0.413 e. The van der Waals surface area contributed by atoms with Crippen molar-refractivity contribution >= 4 is 58.2 Å². The van der Waals surface area contributed by atoms with Gasteiger partial charge < -0.3 is 20.1 Å². The number of hydrogen-bond donors (Lipinski definition) is 4. The molecule has 0 aliphatic carbocycles. The Bertz CT molecular complexity index is 575. The maximum absolute atomic E-state index is 11.3. The van der Waals surface area contributed by atoms with Crippen molar-refractivity contribution in [3.63, 3.8) is 0 Å². The zero-order valence-electron chi connectivity index (χ0n) is 13.2. The Kier molecular flexibility index (Phi) is 8.44. The molecule has 2 amide bonds. The normalized spacial score (nSPS) is 9.42. The summed E-state index contributed by atoms with van der Waals surface area (Å²) in [6, 6.07) is 6.92. The van der Waals surface area contributed by atoms with Gasteiger partial charge in [-0.2, -0.15) is 0 Å². The van der Waals surface area contributed by atoms with E-state index in [1.54, 1.807) is 38.1 Å². The highest BCUT2D eigenvalue weighted by molar-refractivity contribution is 7.80. The van der Waals surface area contributed by atoms with E-state index < -0.39 is 12.2 Å². The highest BCUT2D eigenvalue weighted by Crippen LogP contribution is 2.15. The zero-order valence-corrected chi connectivity index (χ0v) is 14.8. The molecule has 0 aliphatic rings. The standard InChI is InChI=1S/C14H18N4O4S2/c1-3-21-13(19)17-11(23)15-9-6-5-7-10(8-9)16-12(24)18-14(20)22-4-2/h5-8H,3-4H2,1-2H3,(H2,15,17,19,23)(H2,16,18,20,24). The lowest BCUT2D eigenvalue weighted by Gasteiger charge is -2.12. The molecule has 0 heterocycles. The van der Waals surface area contributed by atoms with Crippen LogP contribution in [0, 0.1) is 0 Å². The van der Waals surface area contributed by atoms with E-state index in [4.69, 9.17) is 33.9 Å². The topological polar surface area (TPSA) is 101 Å². The van der Waals surface area contributed by atoms with Gasteiger partial charge in [0.05, 0.1) is 13.2 Å². The molecule has 0 aromatic heterocycles. The van der Waals surface area contributed by atoms with Crippen LogP contribution in [0.3, 0.4) is 0 Å². The van der Waals surface area contributed by atoms with Crippen LogP contribution in [0.4, 0.5) is 21.0 Å². The van der Waals surface area contributed by atoms with E-state index >= 15 is 0 Å². The van der Waals surface area contributed by atoms with Gasteiger partial charge in [-0.15, -0.1) is 0 Å². The molecule has 1 aromatic rings. The number of carbonyl (C=O) groups excluding carboxylic acids is 2. The summed E-state index contributed by atoms with van der Waals surface area (Å²) in [6.07, 6.45) is -1.27. The number of benzene rings is 1. The number of alkyl carbamates (subject to hydrolysis) is 2. The summed E-state index contributed by atoms with van der Waals surface area (Å²) >= 11 is 10.0. The molecule has 0 saturated heterocycles. The lowest BCUT2D eigenvalue weighted by atomic mass is 10.3. The maximum atomic E-state index is 11.3. The Morgan fingerprint density at radius 2 is 1.33 bits per heavy atom. The van der Waals surface area contributed by atoms with Crippen molar-refractivity contribution in [3.8, 4) is 0 Å². The molecule has 4 N–H and O–H groups in total. The summed E-state index contributed by atoms with van der Waals surface area (Å²) < 4.78 is 9.45. The van der Waals surface area contributed by atoms with Gasteiger partial charge in [-0.3, -0.25) is 10.6 Å². The predicted molar refractivity (Wildman–Crippen MR) is 99.2 cm³/mol. The highest BCUT2D eigenvalue weighted by atomic mass is 32.1. The third-order valence-corrected chi connectivity index (χ3v) is 2.77. The van der Waals surface area contributed by atoms with Crippen molar-refractivity contribution in [1.29, 1.82) is 0 Å². The molecule has 24 heavy (non-hydrogen) atoms. The van der Waals surface area contributed by atoms with E-state index in [1.165, 1.54) is 0 Å². The average Bonchev–Trinajstić information content (AvgIpc) is 2.47. The second-order valence-electron chi connectivity index (χ2n) is 4.18. The Hall–Kier alpha value is -2.46. The number of nitrogens with one attached hydrogen (secondary N) is 4. The predicted octanol–water partition coefficient (Wildman–Crippen LogP) is 2.57. The van der Waals surface area contributed by atoms with Gasteiger partial charge in [-0.25, -0.2) is 9.59 Å². The molecular weight excluding hydrogens is 352 g/mol. The molecule has 0 atom stereocenters. The molecular formula is C14H18N4O4S2. The average molecular weight is 370 g/mol. The largest absolute Gasteiger partial charge is 0.450 e. The van der Waals surface area contributed by atoms with E-state index in [1.807, 2.05) is 0 Å². The summed E-state index contributed by atoms with van der Waals surface area (Å²) in [7, 11) is 0. The van der Waals surface area contributed by atoms with Gasteiger partial charge in [-0.05, 0) is 56.5 Å². The third kappa shape index (κ3) is 7.70. The summed E-state index contributed by atoms with van der Waals surface area (Å²) in [5.74, 6) is 0. The maximum Gasteiger partial charge on any atom is 0.413 e. The minimum absolute atomic E-state index is 0.0952. The molecule has 1 rings (SSSR count). The Labute approximate surface area is 150 Å². The number of rotatable bonds is 4. The van der Waals surface area contributed by atoms with E-state index in [9.17, 15) is 9.59 Å². The van der Waals surface area contributed by atoms with Crippen LogP contribution in [0.5, 0.6) is 0 Å². The number of thiocarbonyl (C=S) groups is 2. The van der Waals surface area contributed by atoms with Crippen LogP contribution >= 0.6 is 24.4 Å². The van der Waals surface area contributed by atoms with Gasteiger partial charge in [0.25, 0.3) is 0 Å². The van der Waals surface area contributed by atoms with Crippen LogP contribution in [-0.2, 0) is 9.47 Å². The van der Waals surface area contributed by atoms with E-state index in [2.05, 4.69) is 21.3 Å². The van der Waals surface area contributed by atoms with Crippen molar-refractivity contribution in [1.82, 2.24) is 10.6 Å². The van der Waals surface area contributed by atoms with E-state index in [0.717, 1.165) is 0 Å². The van der Waals surface area contributed by atoms with E-state index in [0.29, 0.717) is 11.4 Å². The monoisotopic (exact) mass is 370 g/mol. The van der Waals surface area contributed by atoms with Gasteiger partial charge >= 0.3 is 12.2 Å². The summed E-state index contributed by atoms with van der Waals surface area (Å²) in [6.45, 7) is 3.88. The fourth-order valence-electron chi connectivity index (χ4n) is 1.52. The van der Waals surface area contributed by atoms with Gasteiger partial charge in [0, 0.05) is 11.4 Å². The molecule has 1 aromatic carbocycles. The van der Waals surface area contributed by atoms with Gasteiger partial charge in [-0.1, -0.05) is 6.07 Å². The molecule has 0 bridgehead atoms. The summed E-state index contributed by atoms with van der Waals surface area (Å²) in [5.41, 5.74) is 1.22. The molecule has 0 spiro atoms. The van der Waals surface area contributed by atoms with Crippen molar-refractivity contribution < 1.29 is 19.1 Å². The molecule has 0 saturated carbocycles. The number of anilines is 2. The molecule has 130 valence electrons. The Balaban J connectivity index is 2.57. The molecule has 0 unspecified atom stereocenters. The van der Waals surface area contributed by atoms with Crippen LogP contribution in [-0.4, -0.2) is 35.6 Å². The van der Waals surface area contributed by atoms with Crippen LogP contribution in [0.2, 0.25) is 0 Å².